The number of rotatable bonds is 2. The van der Waals surface area contributed by atoms with Crippen molar-refractivity contribution in [1.29, 1.82) is 0 Å². The SMILES string of the molecule is COc1cc(Cl)c(O)c(CO)c1F. The Morgan fingerprint density at radius 1 is 1.62 bits per heavy atom. The summed E-state index contributed by atoms with van der Waals surface area (Å²) in [7, 11) is 1.27. The van der Waals surface area contributed by atoms with Crippen molar-refractivity contribution < 1.29 is 19.3 Å². The summed E-state index contributed by atoms with van der Waals surface area (Å²) in [6.07, 6.45) is 0. The molecule has 1 aromatic carbocycles. The first-order chi connectivity index (χ1) is 6.11. The van der Waals surface area contributed by atoms with E-state index in [-0.39, 0.29) is 16.3 Å². The first-order valence-corrected chi connectivity index (χ1v) is 3.84. The van der Waals surface area contributed by atoms with Crippen LogP contribution in [-0.2, 0) is 6.61 Å². The Kier molecular flexibility index (Phi) is 2.95. The molecule has 0 saturated heterocycles. The van der Waals surface area contributed by atoms with Crippen LogP contribution < -0.4 is 4.74 Å². The highest BCUT2D eigenvalue weighted by Gasteiger charge is 2.16. The van der Waals surface area contributed by atoms with Gasteiger partial charge in [-0.25, -0.2) is 4.39 Å². The molecule has 0 unspecified atom stereocenters. The molecule has 0 atom stereocenters. The molecule has 0 bridgehead atoms. The monoisotopic (exact) mass is 206 g/mol. The van der Waals surface area contributed by atoms with Gasteiger partial charge in [-0.2, -0.15) is 0 Å². The fourth-order valence-electron chi connectivity index (χ4n) is 0.936. The van der Waals surface area contributed by atoms with Gasteiger partial charge in [-0.15, -0.1) is 0 Å². The van der Waals surface area contributed by atoms with Gasteiger partial charge >= 0.3 is 0 Å². The Labute approximate surface area is 79.3 Å². The second kappa shape index (κ2) is 3.81. The Bertz CT molecular complexity index is 328. The van der Waals surface area contributed by atoms with Crippen molar-refractivity contribution in [2.45, 2.75) is 6.61 Å². The Morgan fingerprint density at radius 3 is 2.69 bits per heavy atom. The lowest BCUT2D eigenvalue weighted by molar-refractivity contribution is 0.265. The molecule has 0 spiro atoms. The quantitative estimate of drug-likeness (QED) is 0.774. The van der Waals surface area contributed by atoms with Crippen molar-refractivity contribution in [3.63, 3.8) is 0 Å². The van der Waals surface area contributed by atoms with Crippen LogP contribution in [0.3, 0.4) is 0 Å². The summed E-state index contributed by atoms with van der Waals surface area (Å²) >= 11 is 5.54. The summed E-state index contributed by atoms with van der Waals surface area (Å²) in [6, 6.07) is 1.14. The normalized spacial score (nSPS) is 10.2. The van der Waals surface area contributed by atoms with E-state index in [4.69, 9.17) is 16.7 Å². The number of hydrogen-bond acceptors (Lipinski definition) is 3. The predicted molar refractivity (Wildman–Crippen MR) is 45.5 cm³/mol. The number of halogens is 2. The van der Waals surface area contributed by atoms with Gasteiger partial charge in [-0.05, 0) is 0 Å². The average molecular weight is 207 g/mol. The topological polar surface area (TPSA) is 49.7 Å². The lowest BCUT2D eigenvalue weighted by Crippen LogP contribution is -1.96. The summed E-state index contributed by atoms with van der Waals surface area (Å²) in [5.41, 5.74) is -0.260. The summed E-state index contributed by atoms with van der Waals surface area (Å²) < 4.78 is 17.9. The van der Waals surface area contributed by atoms with Gasteiger partial charge in [0.15, 0.2) is 11.6 Å². The fraction of sp³-hybridized carbons (Fsp3) is 0.250. The minimum atomic E-state index is -0.799. The highest BCUT2D eigenvalue weighted by Crippen LogP contribution is 2.35. The molecule has 72 valence electrons. The van der Waals surface area contributed by atoms with E-state index in [0.29, 0.717) is 0 Å². The van der Waals surface area contributed by atoms with Crippen LogP contribution in [0.4, 0.5) is 4.39 Å². The zero-order chi connectivity index (χ0) is 10.0. The molecule has 0 aliphatic heterocycles. The number of phenols is 1. The second-order valence-electron chi connectivity index (χ2n) is 2.36. The highest BCUT2D eigenvalue weighted by molar-refractivity contribution is 6.32. The molecule has 0 aliphatic carbocycles. The third-order valence-electron chi connectivity index (χ3n) is 1.63. The van der Waals surface area contributed by atoms with E-state index < -0.39 is 18.2 Å². The molecule has 1 aromatic rings. The molecule has 0 radical (unpaired) electrons. The van der Waals surface area contributed by atoms with Crippen molar-refractivity contribution in [2.24, 2.45) is 0 Å². The highest BCUT2D eigenvalue weighted by atomic mass is 35.5. The Morgan fingerprint density at radius 2 is 2.23 bits per heavy atom. The van der Waals surface area contributed by atoms with Crippen LogP contribution in [-0.4, -0.2) is 17.3 Å². The van der Waals surface area contributed by atoms with E-state index >= 15 is 0 Å². The maximum absolute atomic E-state index is 13.2. The van der Waals surface area contributed by atoms with Crippen LogP contribution in [0.5, 0.6) is 11.5 Å². The van der Waals surface area contributed by atoms with E-state index in [1.807, 2.05) is 0 Å². The lowest BCUT2D eigenvalue weighted by Gasteiger charge is -2.08. The number of methoxy groups -OCH3 is 1. The molecule has 3 nitrogen and oxygen atoms in total. The van der Waals surface area contributed by atoms with Gasteiger partial charge < -0.3 is 14.9 Å². The number of aliphatic hydroxyl groups is 1. The van der Waals surface area contributed by atoms with Gasteiger partial charge in [0, 0.05) is 6.07 Å². The van der Waals surface area contributed by atoms with Gasteiger partial charge in [-0.3, -0.25) is 0 Å². The first kappa shape index (κ1) is 10.1. The van der Waals surface area contributed by atoms with Crippen LogP contribution in [0.1, 0.15) is 5.56 Å². The molecule has 5 heteroatoms. The Hall–Kier alpha value is -1.00. The number of benzene rings is 1. The predicted octanol–water partition coefficient (Wildman–Crippen LogP) is 1.69. The lowest BCUT2D eigenvalue weighted by atomic mass is 10.2. The fourth-order valence-corrected chi connectivity index (χ4v) is 1.15. The molecule has 13 heavy (non-hydrogen) atoms. The minimum Gasteiger partial charge on any atom is -0.506 e. The zero-order valence-corrected chi connectivity index (χ0v) is 7.60. The number of ether oxygens (including phenoxy) is 1. The molecule has 0 saturated carbocycles. The summed E-state index contributed by atoms with van der Waals surface area (Å²) in [6.45, 7) is -0.630. The van der Waals surface area contributed by atoms with Crippen LogP contribution in [0.15, 0.2) is 6.07 Å². The molecule has 2 N–H and O–H groups in total. The molecule has 0 amide bonds. The maximum atomic E-state index is 13.2. The molecular weight excluding hydrogens is 199 g/mol. The smallest absolute Gasteiger partial charge is 0.174 e. The summed E-state index contributed by atoms with van der Waals surface area (Å²) in [5, 5.41) is 17.9. The number of aromatic hydroxyl groups is 1. The Balaban J connectivity index is 3.39. The maximum Gasteiger partial charge on any atom is 0.174 e. The minimum absolute atomic E-state index is 0.0534. The van der Waals surface area contributed by atoms with Crippen molar-refractivity contribution in [3.8, 4) is 11.5 Å². The number of hydrogen-bond donors (Lipinski definition) is 2. The summed E-state index contributed by atoms with van der Waals surface area (Å²) in [5.74, 6) is -1.36. The molecule has 0 fully saturated rings. The van der Waals surface area contributed by atoms with Gasteiger partial charge in [0.2, 0.25) is 0 Å². The van der Waals surface area contributed by atoms with Crippen LogP contribution in [0.25, 0.3) is 0 Å². The van der Waals surface area contributed by atoms with Crippen molar-refractivity contribution in [1.82, 2.24) is 0 Å². The third-order valence-corrected chi connectivity index (χ3v) is 1.92. The van der Waals surface area contributed by atoms with Crippen molar-refractivity contribution in [2.75, 3.05) is 7.11 Å². The van der Waals surface area contributed by atoms with E-state index in [1.54, 1.807) is 0 Å². The molecular formula is C8H8ClFO3. The first-order valence-electron chi connectivity index (χ1n) is 3.46. The van der Waals surface area contributed by atoms with E-state index in [1.165, 1.54) is 7.11 Å². The van der Waals surface area contributed by atoms with Crippen molar-refractivity contribution >= 4 is 11.6 Å². The van der Waals surface area contributed by atoms with Crippen LogP contribution in [0, 0.1) is 5.82 Å². The largest absolute Gasteiger partial charge is 0.506 e. The third kappa shape index (κ3) is 1.68. The van der Waals surface area contributed by atoms with Gasteiger partial charge in [0.05, 0.1) is 24.3 Å². The molecule has 1 rings (SSSR count). The molecule has 0 heterocycles. The molecule has 0 aliphatic rings. The van der Waals surface area contributed by atoms with Gasteiger partial charge in [0.25, 0.3) is 0 Å². The van der Waals surface area contributed by atoms with Gasteiger partial charge in [0.1, 0.15) is 5.75 Å². The molecule has 0 aromatic heterocycles. The average Bonchev–Trinajstić information content (AvgIpc) is 2.12. The van der Waals surface area contributed by atoms with Gasteiger partial charge in [-0.1, -0.05) is 11.6 Å². The van der Waals surface area contributed by atoms with E-state index in [9.17, 15) is 9.50 Å². The number of aliphatic hydroxyl groups excluding tert-OH is 1. The van der Waals surface area contributed by atoms with Crippen LogP contribution >= 0.6 is 11.6 Å². The van der Waals surface area contributed by atoms with E-state index in [0.717, 1.165) is 6.07 Å². The van der Waals surface area contributed by atoms with Crippen molar-refractivity contribution in [3.05, 3.63) is 22.5 Å². The van der Waals surface area contributed by atoms with E-state index in [2.05, 4.69) is 4.74 Å². The zero-order valence-electron chi connectivity index (χ0n) is 6.84. The summed E-state index contributed by atoms with van der Waals surface area (Å²) in [4.78, 5) is 0. The standard InChI is InChI=1S/C8H8ClFO3/c1-13-6-2-5(9)8(12)4(3-11)7(6)10/h2,11-12H,3H2,1H3. The van der Waals surface area contributed by atoms with Crippen LogP contribution in [0.2, 0.25) is 5.02 Å². The second-order valence-corrected chi connectivity index (χ2v) is 2.77.